The fraction of sp³-hybridized carbons (Fsp3) is 0.417. The molecule has 1 aromatic carbocycles. The van der Waals surface area contributed by atoms with Gasteiger partial charge in [-0.2, -0.15) is 13.2 Å². The highest BCUT2D eigenvalue weighted by molar-refractivity contribution is 5.90. The summed E-state index contributed by atoms with van der Waals surface area (Å²) in [6, 6.07) is 5.93. The van der Waals surface area contributed by atoms with E-state index in [0.717, 1.165) is 0 Å². The molecule has 0 amide bonds. The van der Waals surface area contributed by atoms with Crippen LogP contribution in [0.5, 0.6) is 5.75 Å². The van der Waals surface area contributed by atoms with E-state index in [4.69, 9.17) is 14.9 Å². The van der Waals surface area contributed by atoms with Crippen LogP contribution in [-0.4, -0.2) is 48.2 Å². The minimum atomic E-state index is -4.66. The van der Waals surface area contributed by atoms with E-state index in [-0.39, 0.29) is 24.5 Å². The summed E-state index contributed by atoms with van der Waals surface area (Å²) < 4.78 is 41.1. The highest BCUT2D eigenvalue weighted by Gasteiger charge is 2.37. The number of rotatable bonds is 7. The quantitative estimate of drug-likeness (QED) is 0.660. The largest absolute Gasteiger partial charge is 0.491 e. The van der Waals surface area contributed by atoms with Crippen molar-refractivity contribution in [1.29, 1.82) is 0 Å². The van der Waals surface area contributed by atoms with E-state index in [1.807, 2.05) is 0 Å². The molecule has 1 atom stereocenters. The number of carboxylic acid groups (broad SMARTS) is 1. The predicted octanol–water partition coefficient (Wildman–Crippen LogP) is 1.28. The fourth-order valence-electron chi connectivity index (χ4n) is 1.36. The van der Waals surface area contributed by atoms with Crippen LogP contribution < -0.4 is 10.1 Å². The molecule has 1 unspecified atom stereocenters. The van der Waals surface area contributed by atoms with E-state index >= 15 is 0 Å². The van der Waals surface area contributed by atoms with Crippen LogP contribution in [0.25, 0.3) is 0 Å². The molecule has 0 aromatic heterocycles. The third-order valence-corrected chi connectivity index (χ3v) is 2.37. The number of carboxylic acids is 1. The predicted molar refractivity (Wildman–Crippen MR) is 63.8 cm³/mol. The molecule has 5 nitrogen and oxygen atoms in total. The van der Waals surface area contributed by atoms with Gasteiger partial charge in [-0.25, -0.2) is 4.79 Å². The van der Waals surface area contributed by atoms with Crippen molar-refractivity contribution in [2.75, 3.05) is 19.7 Å². The monoisotopic (exact) mass is 293 g/mol. The number of aliphatic hydroxyl groups is 1. The Balaban J connectivity index is 2.34. The fourth-order valence-corrected chi connectivity index (χ4v) is 1.36. The normalized spacial score (nSPS) is 13.0. The second-order valence-electron chi connectivity index (χ2n) is 3.91. The van der Waals surface area contributed by atoms with Gasteiger partial charge in [-0.1, -0.05) is 12.1 Å². The summed E-state index contributed by atoms with van der Waals surface area (Å²) in [5.41, 5.74) is -0.0252. The molecule has 0 heterocycles. The molecule has 0 saturated heterocycles. The number of nitrogens with one attached hydrogen (secondary N) is 1. The molecule has 0 radical (unpaired) electrons. The van der Waals surface area contributed by atoms with Gasteiger partial charge in [0.25, 0.3) is 0 Å². The smallest absolute Gasteiger partial charge is 0.415 e. The summed E-state index contributed by atoms with van der Waals surface area (Å²) >= 11 is 0. The molecule has 1 rings (SSSR count). The number of alkyl halides is 3. The van der Waals surface area contributed by atoms with E-state index in [1.165, 1.54) is 18.2 Å². The highest BCUT2D eigenvalue weighted by Crippen LogP contribution is 2.19. The molecule has 0 saturated carbocycles. The number of halogens is 3. The van der Waals surface area contributed by atoms with Crippen molar-refractivity contribution in [2.45, 2.75) is 12.3 Å². The van der Waals surface area contributed by atoms with Crippen LogP contribution in [0.15, 0.2) is 24.3 Å². The van der Waals surface area contributed by atoms with Crippen LogP contribution in [0.4, 0.5) is 13.2 Å². The maximum Gasteiger partial charge on any atom is 0.415 e. The Hall–Kier alpha value is -1.80. The third-order valence-electron chi connectivity index (χ3n) is 2.37. The topological polar surface area (TPSA) is 78.8 Å². The van der Waals surface area contributed by atoms with Gasteiger partial charge in [-0.15, -0.1) is 0 Å². The summed E-state index contributed by atoms with van der Waals surface area (Å²) in [6.07, 6.45) is -7.10. The number of hydrogen-bond acceptors (Lipinski definition) is 4. The van der Waals surface area contributed by atoms with Crippen molar-refractivity contribution in [1.82, 2.24) is 5.32 Å². The lowest BCUT2D eigenvalue weighted by atomic mass is 10.2. The summed E-state index contributed by atoms with van der Waals surface area (Å²) in [7, 11) is 0. The first-order chi connectivity index (χ1) is 9.32. The SMILES string of the molecule is O=C(O)c1ccccc1OCCNCC(O)C(F)(F)F. The number of ether oxygens (including phenoxy) is 1. The van der Waals surface area contributed by atoms with Gasteiger partial charge in [0.2, 0.25) is 0 Å². The Bertz CT molecular complexity index is 451. The Labute approximate surface area is 113 Å². The number of aliphatic hydroxyl groups excluding tert-OH is 1. The Kier molecular flexibility index (Phi) is 5.78. The van der Waals surface area contributed by atoms with Crippen LogP contribution >= 0.6 is 0 Å². The molecule has 0 aliphatic carbocycles. The zero-order valence-electron chi connectivity index (χ0n) is 10.4. The minimum Gasteiger partial charge on any atom is -0.491 e. The van der Waals surface area contributed by atoms with E-state index in [9.17, 15) is 18.0 Å². The summed E-state index contributed by atoms with van der Waals surface area (Å²) in [5, 5.41) is 20.0. The van der Waals surface area contributed by atoms with Crippen molar-refractivity contribution in [3.63, 3.8) is 0 Å². The van der Waals surface area contributed by atoms with Crippen LogP contribution in [-0.2, 0) is 0 Å². The zero-order chi connectivity index (χ0) is 15.2. The number of aromatic carboxylic acids is 1. The molecule has 0 spiro atoms. The average molecular weight is 293 g/mol. The lowest BCUT2D eigenvalue weighted by Crippen LogP contribution is -2.39. The molecule has 8 heteroatoms. The molecular formula is C12H14F3NO4. The van der Waals surface area contributed by atoms with Gasteiger partial charge in [0.1, 0.15) is 17.9 Å². The van der Waals surface area contributed by atoms with Gasteiger partial charge in [0, 0.05) is 13.1 Å². The number of benzene rings is 1. The molecule has 1 aromatic rings. The van der Waals surface area contributed by atoms with Crippen LogP contribution in [0.3, 0.4) is 0 Å². The molecule has 0 aliphatic heterocycles. The molecule has 0 bridgehead atoms. The van der Waals surface area contributed by atoms with Crippen LogP contribution in [0.2, 0.25) is 0 Å². The number of para-hydroxylation sites is 1. The molecule has 0 fully saturated rings. The number of hydrogen-bond donors (Lipinski definition) is 3. The second kappa shape index (κ2) is 7.11. The van der Waals surface area contributed by atoms with E-state index in [0.29, 0.717) is 0 Å². The van der Waals surface area contributed by atoms with Gasteiger partial charge in [0.15, 0.2) is 6.10 Å². The van der Waals surface area contributed by atoms with Crippen molar-refractivity contribution in [3.8, 4) is 5.75 Å². The second-order valence-corrected chi connectivity index (χ2v) is 3.91. The lowest BCUT2D eigenvalue weighted by molar-refractivity contribution is -0.201. The Morgan fingerprint density at radius 1 is 1.35 bits per heavy atom. The van der Waals surface area contributed by atoms with Crippen molar-refractivity contribution in [2.24, 2.45) is 0 Å². The maximum absolute atomic E-state index is 12.0. The van der Waals surface area contributed by atoms with Crippen molar-refractivity contribution >= 4 is 5.97 Å². The molecule has 20 heavy (non-hydrogen) atoms. The maximum atomic E-state index is 12.0. The zero-order valence-corrected chi connectivity index (χ0v) is 10.4. The highest BCUT2D eigenvalue weighted by atomic mass is 19.4. The lowest BCUT2D eigenvalue weighted by Gasteiger charge is -2.15. The summed E-state index contributed by atoms with van der Waals surface area (Å²) in [6.45, 7) is -0.622. The van der Waals surface area contributed by atoms with Crippen molar-refractivity contribution < 1.29 is 32.9 Å². The van der Waals surface area contributed by atoms with Crippen LogP contribution in [0, 0.1) is 0 Å². The van der Waals surface area contributed by atoms with Gasteiger partial charge < -0.3 is 20.3 Å². The van der Waals surface area contributed by atoms with E-state index < -0.39 is 24.8 Å². The first-order valence-corrected chi connectivity index (χ1v) is 5.73. The first kappa shape index (κ1) is 16.3. The van der Waals surface area contributed by atoms with Crippen LogP contribution in [0.1, 0.15) is 10.4 Å². The molecular weight excluding hydrogens is 279 g/mol. The molecule has 0 aliphatic rings. The molecule has 3 N–H and O–H groups in total. The Morgan fingerprint density at radius 2 is 2.00 bits per heavy atom. The van der Waals surface area contributed by atoms with Gasteiger partial charge in [-0.3, -0.25) is 0 Å². The Morgan fingerprint density at radius 3 is 2.60 bits per heavy atom. The van der Waals surface area contributed by atoms with Crippen molar-refractivity contribution in [3.05, 3.63) is 29.8 Å². The van der Waals surface area contributed by atoms with Gasteiger partial charge >= 0.3 is 12.1 Å². The minimum absolute atomic E-state index is 0.0190. The first-order valence-electron chi connectivity index (χ1n) is 5.73. The van der Waals surface area contributed by atoms with Gasteiger partial charge in [-0.05, 0) is 12.1 Å². The summed E-state index contributed by atoms with van der Waals surface area (Å²) in [5.74, 6) is -1.01. The average Bonchev–Trinajstić information content (AvgIpc) is 2.37. The standard InChI is InChI=1S/C12H14F3NO4/c13-12(14,15)10(17)7-16-5-6-20-9-4-2-1-3-8(9)11(18)19/h1-4,10,16-17H,5-7H2,(H,18,19). The number of carbonyl (C=O) groups is 1. The molecule has 112 valence electrons. The van der Waals surface area contributed by atoms with E-state index in [1.54, 1.807) is 6.07 Å². The third kappa shape index (κ3) is 5.06. The summed E-state index contributed by atoms with van der Waals surface area (Å²) in [4.78, 5) is 10.9. The van der Waals surface area contributed by atoms with Gasteiger partial charge in [0.05, 0.1) is 0 Å². The van der Waals surface area contributed by atoms with E-state index in [2.05, 4.69) is 5.32 Å².